The van der Waals surface area contributed by atoms with Gasteiger partial charge in [0.1, 0.15) is 5.56 Å². The van der Waals surface area contributed by atoms with Gasteiger partial charge >= 0.3 is 0 Å². The van der Waals surface area contributed by atoms with Crippen molar-refractivity contribution < 1.29 is 9.32 Å². The number of likely N-dealkylation sites (tertiary alicyclic amines) is 1. The molecule has 1 fully saturated rings. The first-order chi connectivity index (χ1) is 18.8. The Balaban J connectivity index is 1.20. The second kappa shape index (κ2) is 9.72. The fourth-order valence-electron chi connectivity index (χ4n) is 5.39. The minimum Gasteiger partial charge on any atom is -0.338 e. The summed E-state index contributed by atoms with van der Waals surface area (Å²) in [4.78, 5) is 29.2. The predicted molar refractivity (Wildman–Crippen MR) is 146 cm³/mol. The first-order valence-electron chi connectivity index (χ1n) is 13.3. The van der Waals surface area contributed by atoms with E-state index in [4.69, 9.17) is 9.51 Å². The van der Waals surface area contributed by atoms with Gasteiger partial charge in [-0.25, -0.2) is 9.50 Å². The van der Waals surface area contributed by atoms with Crippen LogP contribution in [0.3, 0.4) is 0 Å². The number of amides is 1. The summed E-state index contributed by atoms with van der Waals surface area (Å²) < 4.78 is 7.33. The van der Waals surface area contributed by atoms with Gasteiger partial charge in [-0.05, 0) is 62.4 Å². The maximum absolute atomic E-state index is 13.6. The third kappa shape index (κ3) is 4.47. The largest absolute Gasteiger partial charge is 0.338 e. The normalized spacial score (nSPS) is 15.1. The zero-order valence-corrected chi connectivity index (χ0v) is 22.7. The van der Waals surface area contributed by atoms with Crippen LogP contribution in [0.15, 0.2) is 59.5 Å². The molecule has 9 heteroatoms. The van der Waals surface area contributed by atoms with Crippen LogP contribution in [0.1, 0.15) is 64.0 Å². The molecule has 6 rings (SSSR count). The van der Waals surface area contributed by atoms with E-state index >= 15 is 0 Å². The highest BCUT2D eigenvalue weighted by Gasteiger charge is 2.38. The Hall–Kier alpha value is -4.40. The number of carbonyl (C=O) groups excluding carboxylic acids is 1. The lowest BCUT2D eigenvalue weighted by Crippen LogP contribution is -2.44. The molecule has 1 saturated heterocycles. The quantitative estimate of drug-likeness (QED) is 0.325. The molecule has 0 unspecified atom stereocenters. The number of aromatic nitrogens is 6. The van der Waals surface area contributed by atoms with Gasteiger partial charge in [-0.15, -0.1) is 0 Å². The molecule has 0 bridgehead atoms. The maximum atomic E-state index is 13.6. The van der Waals surface area contributed by atoms with E-state index in [0.717, 1.165) is 41.8 Å². The van der Waals surface area contributed by atoms with Crippen LogP contribution >= 0.6 is 0 Å². The fourth-order valence-corrected chi connectivity index (χ4v) is 5.39. The van der Waals surface area contributed by atoms with E-state index in [1.54, 1.807) is 23.1 Å². The zero-order chi connectivity index (χ0) is 27.1. The number of fused-ring (bicyclic) bond motifs is 1. The van der Waals surface area contributed by atoms with Gasteiger partial charge < -0.3 is 9.42 Å². The molecule has 4 aromatic heterocycles. The van der Waals surface area contributed by atoms with Gasteiger partial charge in [-0.3, -0.25) is 9.78 Å². The number of hydrogen-bond acceptors (Lipinski definition) is 7. The predicted octanol–water partition coefficient (Wildman–Crippen LogP) is 4.88. The van der Waals surface area contributed by atoms with E-state index < -0.39 is 0 Å². The summed E-state index contributed by atoms with van der Waals surface area (Å²) >= 11 is 0. The van der Waals surface area contributed by atoms with Gasteiger partial charge in [-0.2, -0.15) is 10.1 Å². The lowest BCUT2D eigenvalue weighted by molar-refractivity contribution is 0.0671. The molecular weight excluding hydrogens is 490 g/mol. The molecule has 0 radical (unpaired) electrons. The number of rotatable bonds is 5. The Morgan fingerprint density at radius 2 is 1.82 bits per heavy atom. The molecule has 1 aromatic carbocycles. The van der Waals surface area contributed by atoms with Gasteiger partial charge in [0.25, 0.3) is 11.8 Å². The summed E-state index contributed by atoms with van der Waals surface area (Å²) in [5.74, 6) is 1.08. The average Bonchev–Trinajstić information content (AvgIpc) is 3.61. The van der Waals surface area contributed by atoms with Crippen LogP contribution in [0, 0.1) is 20.8 Å². The molecule has 0 saturated carbocycles. The van der Waals surface area contributed by atoms with Crippen molar-refractivity contribution in [3.8, 4) is 11.5 Å². The van der Waals surface area contributed by atoms with Crippen molar-refractivity contribution in [1.29, 1.82) is 0 Å². The van der Waals surface area contributed by atoms with Crippen molar-refractivity contribution >= 4 is 11.6 Å². The van der Waals surface area contributed by atoms with Crippen LogP contribution in [0.2, 0.25) is 0 Å². The first-order valence-corrected chi connectivity index (χ1v) is 13.3. The van der Waals surface area contributed by atoms with E-state index in [9.17, 15) is 4.79 Å². The van der Waals surface area contributed by atoms with E-state index in [2.05, 4.69) is 58.3 Å². The van der Waals surface area contributed by atoms with Crippen molar-refractivity contribution in [2.75, 3.05) is 13.1 Å². The minimum absolute atomic E-state index is 0.0471. The molecular formula is C30H31N7O2. The highest BCUT2D eigenvalue weighted by atomic mass is 16.5. The Labute approximate surface area is 226 Å². The van der Waals surface area contributed by atoms with E-state index in [1.165, 1.54) is 11.1 Å². The monoisotopic (exact) mass is 521 g/mol. The summed E-state index contributed by atoms with van der Waals surface area (Å²) in [7, 11) is 0. The number of piperidine rings is 1. The second-order valence-corrected chi connectivity index (χ2v) is 10.7. The van der Waals surface area contributed by atoms with Crippen LogP contribution < -0.4 is 0 Å². The number of aryl methyl sites for hydroxylation is 3. The van der Waals surface area contributed by atoms with Gasteiger partial charge in [0.05, 0.1) is 11.8 Å². The third-order valence-electron chi connectivity index (χ3n) is 8.10. The number of benzene rings is 1. The number of nitrogens with zero attached hydrogens (tertiary/aromatic N) is 7. The molecule has 39 heavy (non-hydrogen) atoms. The van der Waals surface area contributed by atoms with Crippen LogP contribution in [0.4, 0.5) is 0 Å². The molecule has 9 nitrogen and oxygen atoms in total. The third-order valence-corrected chi connectivity index (χ3v) is 8.10. The van der Waals surface area contributed by atoms with Crippen molar-refractivity contribution in [2.24, 2.45) is 0 Å². The Bertz CT molecular complexity index is 1660. The molecule has 0 aliphatic carbocycles. The molecule has 0 atom stereocenters. The SMILES string of the molecule is Cc1ccccc1Cc1c(C)nc2c(C(=O)N3CCC(C)(c4noc(-c5cccnc5)n4)CC3)cnn2c1C. The first kappa shape index (κ1) is 24.9. The lowest BCUT2D eigenvalue weighted by Gasteiger charge is -2.37. The number of hydrogen-bond donors (Lipinski definition) is 0. The Morgan fingerprint density at radius 1 is 1.03 bits per heavy atom. The maximum Gasteiger partial charge on any atom is 0.259 e. The summed E-state index contributed by atoms with van der Waals surface area (Å²) in [6, 6.07) is 12.1. The summed E-state index contributed by atoms with van der Waals surface area (Å²) in [6.07, 6.45) is 7.31. The van der Waals surface area contributed by atoms with Crippen molar-refractivity contribution in [3.05, 3.63) is 94.5 Å². The van der Waals surface area contributed by atoms with Crippen molar-refractivity contribution in [2.45, 2.75) is 52.4 Å². The molecule has 0 spiro atoms. The average molecular weight is 522 g/mol. The lowest BCUT2D eigenvalue weighted by atomic mass is 9.79. The standard InChI is InChI=1S/C30H31N7O2/c1-19-8-5-6-9-22(19)16-24-20(2)33-26-25(18-32-37(26)21(24)3)28(38)36-14-11-30(4,12-15-36)29-34-27(39-35-29)23-10-7-13-31-17-23/h5-10,13,17-18H,11-12,14-16H2,1-4H3. The summed E-state index contributed by atoms with van der Waals surface area (Å²) in [5.41, 5.74) is 7.23. The summed E-state index contributed by atoms with van der Waals surface area (Å²) in [5, 5.41) is 8.85. The van der Waals surface area contributed by atoms with Gasteiger partial charge in [-0.1, -0.05) is 36.3 Å². The van der Waals surface area contributed by atoms with Gasteiger partial charge in [0.2, 0.25) is 0 Å². The fraction of sp³-hybridized carbons (Fsp3) is 0.333. The number of carbonyl (C=O) groups is 1. The molecule has 5 aromatic rings. The molecule has 1 amide bonds. The van der Waals surface area contributed by atoms with Crippen LogP contribution in [0.25, 0.3) is 17.1 Å². The van der Waals surface area contributed by atoms with Gasteiger partial charge in [0.15, 0.2) is 11.5 Å². The van der Waals surface area contributed by atoms with E-state index in [1.807, 2.05) is 30.9 Å². The van der Waals surface area contributed by atoms with Crippen molar-refractivity contribution in [1.82, 2.24) is 34.6 Å². The number of pyridine rings is 1. The van der Waals surface area contributed by atoms with Crippen LogP contribution in [-0.2, 0) is 11.8 Å². The van der Waals surface area contributed by atoms with Crippen LogP contribution in [-0.4, -0.2) is 53.6 Å². The highest BCUT2D eigenvalue weighted by Crippen LogP contribution is 2.35. The van der Waals surface area contributed by atoms with E-state index in [0.29, 0.717) is 36.0 Å². The van der Waals surface area contributed by atoms with Gasteiger partial charge in [0, 0.05) is 48.7 Å². The highest BCUT2D eigenvalue weighted by molar-refractivity contribution is 5.99. The topological polar surface area (TPSA) is 102 Å². The summed E-state index contributed by atoms with van der Waals surface area (Å²) in [6.45, 7) is 9.50. The van der Waals surface area contributed by atoms with Crippen molar-refractivity contribution in [3.63, 3.8) is 0 Å². The van der Waals surface area contributed by atoms with E-state index in [-0.39, 0.29) is 11.3 Å². The second-order valence-electron chi connectivity index (χ2n) is 10.7. The smallest absolute Gasteiger partial charge is 0.259 e. The molecule has 0 N–H and O–H groups in total. The van der Waals surface area contributed by atoms with Crippen LogP contribution in [0.5, 0.6) is 0 Å². The minimum atomic E-state index is -0.280. The molecule has 5 heterocycles. The molecule has 1 aliphatic rings. The molecule has 198 valence electrons. The Morgan fingerprint density at radius 3 is 2.56 bits per heavy atom. The Kier molecular flexibility index (Phi) is 6.21. The zero-order valence-electron chi connectivity index (χ0n) is 22.7. The molecule has 1 aliphatic heterocycles.